The lowest BCUT2D eigenvalue weighted by molar-refractivity contribution is -0.384. The van der Waals surface area contributed by atoms with Crippen molar-refractivity contribution in [2.24, 2.45) is 0 Å². The van der Waals surface area contributed by atoms with E-state index in [1.165, 1.54) is 35.6 Å². The minimum atomic E-state index is -0.530. The van der Waals surface area contributed by atoms with Crippen molar-refractivity contribution in [2.75, 3.05) is 17.2 Å². The molecule has 0 spiro atoms. The van der Waals surface area contributed by atoms with Crippen LogP contribution in [0, 0.1) is 10.1 Å². The molecule has 0 unspecified atom stereocenters. The summed E-state index contributed by atoms with van der Waals surface area (Å²) in [7, 11) is 0. The van der Waals surface area contributed by atoms with Crippen molar-refractivity contribution in [2.45, 2.75) is 0 Å². The summed E-state index contributed by atoms with van der Waals surface area (Å²) in [6.45, 7) is 4.29. The number of rotatable bonds is 7. The molecule has 3 aromatic rings. The van der Waals surface area contributed by atoms with Crippen molar-refractivity contribution in [3.8, 4) is 11.3 Å². The van der Waals surface area contributed by atoms with E-state index in [1.807, 2.05) is 23.6 Å². The van der Waals surface area contributed by atoms with Crippen LogP contribution < -0.4 is 10.6 Å². The van der Waals surface area contributed by atoms with Gasteiger partial charge in [-0.05, 0) is 18.2 Å². The Bertz CT molecular complexity index is 1000. The van der Waals surface area contributed by atoms with Crippen molar-refractivity contribution in [1.29, 1.82) is 0 Å². The average molecular weight is 380 g/mol. The molecule has 0 saturated heterocycles. The number of hydrogen-bond acceptors (Lipinski definition) is 6. The molecule has 8 heteroatoms. The van der Waals surface area contributed by atoms with Gasteiger partial charge in [-0.3, -0.25) is 14.9 Å². The zero-order valence-corrected chi connectivity index (χ0v) is 15.0. The minimum absolute atomic E-state index is 0.126. The molecule has 0 bridgehead atoms. The molecule has 2 aromatic carbocycles. The topological polar surface area (TPSA) is 97.2 Å². The summed E-state index contributed by atoms with van der Waals surface area (Å²) in [6, 6.07) is 12.9. The zero-order chi connectivity index (χ0) is 19.2. The first kappa shape index (κ1) is 18.3. The summed E-state index contributed by atoms with van der Waals surface area (Å²) >= 11 is 1.48. The van der Waals surface area contributed by atoms with Crippen molar-refractivity contribution in [3.05, 3.63) is 82.2 Å². The van der Waals surface area contributed by atoms with Crippen LogP contribution in [0.25, 0.3) is 11.3 Å². The highest BCUT2D eigenvalue weighted by atomic mass is 32.1. The molecule has 1 heterocycles. The van der Waals surface area contributed by atoms with Crippen LogP contribution in [0.2, 0.25) is 0 Å². The molecule has 0 aliphatic carbocycles. The van der Waals surface area contributed by atoms with Crippen LogP contribution in [0.5, 0.6) is 0 Å². The quantitative estimate of drug-likeness (QED) is 0.355. The van der Waals surface area contributed by atoms with Crippen molar-refractivity contribution >= 4 is 33.8 Å². The molecule has 0 aliphatic heterocycles. The smallest absolute Gasteiger partial charge is 0.270 e. The van der Waals surface area contributed by atoms with E-state index in [1.54, 1.807) is 12.1 Å². The number of carbonyl (C=O) groups is 1. The highest BCUT2D eigenvalue weighted by Gasteiger charge is 2.12. The molecule has 0 aliphatic rings. The monoisotopic (exact) mass is 380 g/mol. The van der Waals surface area contributed by atoms with Crippen LogP contribution in [0.3, 0.4) is 0 Å². The van der Waals surface area contributed by atoms with Crippen LogP contribution in [0.1, 0.15) is 10.4 Å². The third-order valence-corrected chi connectivity index (χ3v) is 4.44. The molecule has 2 N–H and O–H groups in total. The van der Waals surface area contributed by atoms with E-state index in [-0.39, 0.29) is 11.3 Å². The van der Waals surface area contributed by atoms with Gasteiger partial charge in [0.2, 0.25) is 0 Å². The van der Waals surface area contributed by atoms with Gasteiger partial charge in [-0.1, -0.05) is 24.3 Å². The second-order valence-corrected chi connectivity index (χ2v) is 6.41. The number of nitrogens with one attached hydrogen (secondary N) is 2. The van der Waals surface area contributed by atoms with Crippen LogP contribution in [-0.2, 0) is 0 Å². The standard InChI is InChI=1S/C19H16N4O3S/c1-2-9-20-19-22-17(12-27-19)13-5-3-7-15(10-13)21-18(24)14-6-4-8-16(11-14)23(25)26/h2-8,10-12H,1,9H2,(H,20,22)(H,21,24). The molecule has 0 fully saturated rings. The average Bonchev–Trinajstić information content (AvgIpc) is 3.15. The number of thiazole rings is 1. The van der Waals surface area contributed by atoms with Crippen LogP contribution in [0.4, 0.5) is 16.5 Å². The molecule has 0 atom stereocenters. The van der Waals surface area contributed by atoms with Gasteiger partial charge < -0.3 is 10.6 Å². The predicted molar refractivity (Wildman–Crippen MR) is 107 cm³/mol. The van der Waals surface area contributed by atoms with E-state index < -0.39 is 10.8 Å². The molecule has 7 nitrogen and oxygen atoms in total. The number of carbonyl (C=O) groups excluding carboxylic acids is 1. The van der Waals surface area contributed by atoms with E-state index >= 15 is 0 Å². The Hall–Kier alpha value is -3.52. The normalized spacial score (nSPS) is 10.2. The van der Waals surface area contributed by atoms with Crippen LogP contribution in [0.15, 0.2) is 66.6 Å². The number of aromatic nitrogens is 1. The number of nitro benzene ring substituents is 1. The fraction of sp³-hybridized carbons (Fsp3) is 0.0526. The number of benzene rings is 2. The third-order valence-electron chi connectivity index (χ3n) is 3.64. The largest absolute Gasteiger partial charge is 0.358 e. The highest BCUT2D eigenvalue weighted by Crippen LogP contribution is 2.27. The Balaban J connectivity index is 1.76. The van der Waals surface area contributed by atoms with Gasteiger partial charge in [-0.25, -0.2) is 4.98 Å². The van der Waals surface area contributed by atoms with Gasteiger partial charge in [0.25, 0.3) is 11.6 Å². The number of anilines is 2. The van der Waals surface area contributed by atoms with Gasteiger partial charge in [0.1, 0.15) is 0 Å². The van der Waals surface area contributed by atoms with E-state index in [9.17, 15) is 14.9 Å². The summed E-state index contributed by atoms with van der Waals surface area (Å²) in [6.07, 6.45) is 1.76. The predicted octanol–water partition coefficient (Wildman–Crippen LogP) is 4.57. The van der Waals surface area contributed by atoms with Crippen LogP contribution >= 0.6 is 11.3 Å². The lowest BCUT2D eigenvalue weighted by Crippen LogP contribution is -2.12. The molecular weight excluding hydrogens is 364 g/mol. The maximum Gasteiger partial charge on any atom is 0.270 e. The van der Waals surface area contributed by atoms with E-state index in [0.29, 0.717) is 12.2 Å². The van der Waals surface area contributed by atoms with Gasteiger partial charge in [0, 0.05) is 40.9 Å². The highest BCUT2D eigenvalue weighted by molar-refractivity contribution is 7.14. The summed E-state index contributed by atoms with van der Waals surface area (Å²) in [5.41, 5.74) is 2.32. The number of amides is 1. The van der Waals surface area contributed by atoms with Crippen molar-refractivity contribution < 1.29 is 9.72 Å². The fourth-order valence-corrected chi connectivity index (χ4v) is 3.10. The first-order valence-electron chi connectivity index (χ1n) is 8.03. The summed E-state index contributed by atoms with van der Waals surface area (Å²) in [5.74, 6) is -0.414. The summed E-state index contributed by atoms with van der Waals surface area (Å²) < 4.78 is 0. The van der Waals surface area contributed by atoms with E-state index in [4.69, 9.17) is 0 Å². The fourth-order valence-electron chi connectivity index (χ4n) is 2.37. The second kappa shape index (κ2) is 8.24. The summed E-state index contributed by atoms with van der Waals surface area (Å²) in [5, 5.41) is 19.5. The third kappa shape index (κ3) is 4.56. The lowest BCUT2D eigenvalue weighted by atomic mass is 10.1. The van der Waals surface area contributed by atoms with E-state index in [0.717, 1.165) is 16.4 Å². The molecule has 1 amide bonds. The Morgan fingerprint density at radius 2 is 2.07 bits per heavy atom. The van der Waals surface area contributed by atoms with Gasteiger partial charge in [0.15, 0.2) is 5.13 Å². The van der Waals surface area contributed by atoms with Crippen LogP contribution in [-0.4, -0.2) is 22.4 Å². The maximum absolute atomic E-state index is 12.4. The Labute approximate surface area is 159 Å². The molecule has 1 aromatic heterocycles. The van der Waals surface area contributed by atoms with Crippen molar-refractivity contribution in [3.63, 3.8) is 0 Å². The molecule has 3 rings (SSSR count). The Morgan fingerprint density at radius 3 is 2.85 bits per heavy atom. The lowest BCUT2D eigenvalue weighted by Gasteiger charge is -2.07. The number of nitrogens with zero attached hydrogens (tertiary/aromatic N) is 2. The van der Waals surface area contributed by atoms with Gasteiger partial charge in [-0.15, -0.1) is 17.9 Å². The Kier molecular flexibility index (Phi) is 5.58. The van der Waals surface area contributed by atoms with Gasteiger partial charge in [-0.2, -0.15) is 0 Å². The summed E-state index contributed by atoms with van der Waals surface area (Å²) in [4.78, 5) is 27.2. The van der Waals surface area contributed by atoms with Gasteiger partial charge >= 0.3 is 0 Å². The molecular formula is C19H16N4O3S. The first-order valence-corrected chi connectivity index (χ1v) is 8.91. The number of hydrogen-bond donors (Lipinski definition) is 2. The minimum Gasteiger partial charge on any atom is -0.358 e. The molecule has 0 radical (unpaired) electrons. The molecule has 136 valence electrons. The number of nitro groups is 1. The Morgan fingerprint density at radius 1 is 1.26 bits per heavy atom. The molecule has 0 saturated carbocycles. The second-order valence-electron chi connectivity index (χ2n) is 5.55. The number of non-ortho nitro benzene ring substituents is 1. The van der Waals surface area contributed by atoms with E-state index in [2.05, 4.69) is 22.2 Å². The van der Waals surface area contributed by atoms with Gasteiger partial charge in [0.05, 0.1) is 10.6 Å². The van der Waals surface area contributed by atoms with Crippen molar-refractivity contribution in [1.82, 2.24) is 4.98 Å². The SMILES string of the molecule is C=CCNc1nc(-c2cccc(NC(=O)c3cccc([N+](=O)[O-])c3)c2)cs1. The molecule has 27 heavy (non-hydrogen) atoms. The zero-order valence-electron chi connectivity index (χ0n) is 14.2. The first-order chi connectivity index (χ1) is 13.1. The maximum atomic E-state index is 12.4.